The molecule has 5 nitrogen and oxygen atoms in total. The molecule has 1 fully saturated rings. The van der Waals surface area contributed by atoms with E-state index in [1.807, 2.05) is 36.4 Å². The van der Waals surface area contributed by atoms with Crippen molar-refractivity contribution in [3.63, 3.8) is 0 Å². The van der Waals surface area contributed by atoms with Crippen LogP contribution in [0.25, 0.3) is 0 Å². The molecule has 0 spiro atoms. The molecule has 0 unspecified atom stereocenters. The van der Waals surface area contributed by atoms with Crippen LogP contribution >= 0.6 is 11.3 Å². The van der Waals surface area contributed by atoms with E-state index in [0.29, 0.717) is 12.1 Å². The Bertz CT molecular complexity index is 907. The molecule has 4 rings (SSSR count). The molecule has 1 saturated heterocycles. The number of hydrogen-bond acceptors (Lipinski definition) is 5. The van der Waals surface area contributed by atoms with E-state index in [2.05, 4.69) is 32.0 Å². The van der Waals surface area contributed by atoms with Crippen molar-refractivity contribution in [3.8, 4) is 5.75 Å². The Labute approximate surface area is 175 Å². The van der Waals surface area contributed by atoms with Gasteiger partial charge in [-0.2, -0.15) is 11.3 Å². The number of carbonyl (C=O) groups is 1. The van der Waals surface area contributed by atoms with E-state index >= 15 is 0 Å². The van der Waals surface area contributed by atoms with Gasteiger partial charge in [-0.15, -0.1) is 0 Å². The summed E-state index contributed by atoms with van der Waals surface area (Å²) in [4.78, 5) is 19.0. The summed E-state index contributed by atoms with van der Waals surface area (Å²) in [6, 6.07) is 13.4. The Morgan fingerprint density at radius 3 is 2.83 bits per heavy atom. The van der Waals surface area contributed by atoms with Crippen LogP contribution in [-0.2, 0) is 13.1 Å². The number of piperidine rings is 1. The molecule has 0 atom stereocenters. The average molecular weight is 408 g/mol. The molecule has 1 amide bonds. The Morgan fingerprint density at radius 1 is 1.17 bits per heavy atom. The third-order valence-electron chi connectivity index (χ3n) is 5.10. The minimum absolute atomic E-state index is 0.107. The second kappa shape index (κ2) is 9.67. The number of likely N-dealkylation sites (tertiary alicyclic amines) is 1. The number of hydrogen-bond donors (Lipinski definition) is 1. The lowest BCUT2D eigenvalue weighted by molar-refractivity contribution is 0.0935. The van der Waals surface area contributed by atoms with Crippen LogP contribution in [0.5, 0.6) is 5.75 Å². The van der Waals surface area contributed by atoms with Gasteiger partial charge in [-0.1, -0.05) is 12.1 Å². The van der Waals surface area contributed by atoms with Gasteiger partial charge in [-0.25, -0.2) is 0 Å². The maximum Gasteiger partial charge on any atom is 0.251 e. The summed E-state index contributed by atoms with van der Waals surface area (Å²) in [7, 11) is 0. The van der Waals surface area contributed by atoms with E-state index in [4.69, 9.17) is 4.74 Å². The quantitative estimate of drug-likeness (QED) is 0.640. The Balaban J connectivity index is 1.27. The van der Waals surface area contributed by atoms with Crippen LogP contribution in [0.15, 0.2) is 65.6 Å². The summed E-state index contributed by atoms with van der Waals surface area (Å²) >= 11 is 1.75. The fourth-order valence-electron chi connectivity index (χ4n) is 3.52. The Kier molecular flexibility index (Phi) is 6.54. The molecule has 3 aromatic rings. The zero-order chi connectivity index (χ0) is 19.9. The first kappa shape index (κ1) is 19.6. The van der Waals surface area contributed by atoms with E-state index < -0.39 is 0 Å². The summed E-state index contributed by atoms with van der Waals surface area (Å²) in [5, 5.41) is 7.28. The molecule has 6 heteroatoms. The van der Waals surface area contributed by atoms with Gasteiger partial charge in [0.1, 0.15) is 11.9 Å². The first-order valence-corrected chi connectivity index (χ1v) is 10.9. The Hall–Kier alpha value is -2.70. The average Bonchev–Trinajstić information content (AvgIpc) is 3.27. The number of thiophene rings is 1. The number of ether oxygens (including phenoxy) is 1. The number of carbonyl (C=O) groups excluding carboxylic acids is 1. The highest BCUT2D eigenvalue weighted by Gasteiger charge is 2.21. The van der Waals surface area contributed by atoms with Gasteiger partial charge >= 0.3 is 0 Å². The lowest BCUT2D eigenvalue weighted by atomic mass is 10.1. The van der Waals surface area contributed by atoms with Crippen LogP contribution in [-0.4, -0.2) is 35.0 Å². The SMILES string of the molecule is O=C(NCc1cccnc1)c1cccc(OC2CCN(Cc3ccsc3)CC2)c1. The molecule has 0 bridgehead atoms. The monoisotopic (exact) mass is 407 g/mol. The van der Waals surface area contributed by atoms with Gasteiger partial charge in [0.15, 0.2) is 0 Å². The molecule has 1 aliphatic rings. The van der Waals surface area contributed by atoms with E-state index in [0.717, 1.165) is 43.8 Å². The summed E-state index contributed by atoms with van der Waals surface area (Å²) in [5.41, 5.74) is 2.98. The van der Waals surface area contributed by atoms with Crippen molar-refractivity contribution < 1.29 is 9.53 Å². The van der Waals surface area contributed by atoms with Gasteiger partial charge in [0.2, 0.25) is 0 Å². The number of rotatable bonds is 7. The summed E-state index contributed by atoms with van der Waals surface area (Å²) in [6.45, 7) is 3.54. The number of pyridine rings is 1. The number of aromatic nitrogens is 1. The number of nitrogens with one attached hydrogen (secondary N) is 1. The van der Waals surface area contributed by atoms with Crippen LogP contribution < -0.4 is 10.1 Å². The molecule has 29 heavy (non-hydrogen) atoms. The molecule has 2 aromatic heterocycles. The topological polar surface area (TPSA) is 54.5 Å². The lowest BCUT2D eigenvalue weighted by Crippen LogP contribution is -2.37. The molecule has 1 aromatic carbocycles. The van der Waals surface area contributed by atoms with E-state index in [-0.39, 0.29) is 12.0 Å². The van der Waals surface area contributed by atoms with Crippen molar-refractivity contribution in [2.45, 2.75) is 32.0 Å². The third kappa shape index (κ3) is 5.65. The van der Waals surface area contributed by atoms with Gasteiger partial charge in [-0.05, 0) is 65.1 Å². The number of nitrogens with zero attached hydrogens (tertiary/aromatic N) is 2. The summed E-state index contributed by atoms with van der Waals surface area (Å²) in [5.74, 6) is 0.653. The zero-order valence-electron chi connectivity index (χ0n) is 16.3. The summed E-state index contributed by atoms with van der Waals surface area (Å²) in [6.07, 6.45) is 5.68. The predicted octanol–water partition coefficient (Wildman–Crippen LogP) is 4.12. The fraction of sp³-hybridized carbons (Fsp3) is 0.304. The second-order valence-corrected chi connectivity index (χ2v) is 8.08. The van der Waals surface area contributed by atoms with Crippen molar-refractivity contribution >= 4 is 17.2 Å². The first-order chi connectivity index (χ1) is 14.3. The van der Waals surface area contributed by atoms with Crippen molar-refractivity contribution in [1.82, 2.24) is 15.2 Å². The minimum atomic E-state index is -0.107. The molecule has 1 N–H and O–H groups in total. The molecular weight excluding hydrogens is 382 g/mol. The van der Waals surface area contributed by atoms with Gasteiger partial charge in [0.25, 0.3) is 5.91 Å². The van der Waals surface area contributed by atoms with Crippen molar-refractivity contribution in [3.05, 3.63) is 82.3 Å². The van der Waals surface area contributed by atoms with E-state index in [1.165, 1.54) is 5.56 Å². The van der Waals surface area contributed by atoms with Crippen LogP contribution in [0.3, 0.4) is 0 Å². The molecule has 1 aliphatic heterocycles. The fourth-order valence-corrected chi connectivity index (χ4v) is 4.18. The molecular formula is C23H25N3O2S. The maximum absolute atomic E-state index is 12.5. The van der Waals surface area contributed by atoms with Crippen LogP contribution in [0.4, 0.5) is 0 Å². The predicted molar refractivity (Wildman–Crippen MR) is 115 cm³/mol. The molecule has 0 radical (unpaired) electrons. The maximum atomic E-state index is 12.5. The smallest absolute Gasteiger partial charge is 0.251 e. The highest BCUT2D eigenvalue weighted by atomic mass is 32.1. The largest absolute Gasteiger partial charge is 0.490 e. The van der Waals surface area contributed by atoms with Crippen LogP contribution in [0.2, 0.25) is 0 Å². The molecule has 3 heterocycles. The van der Waals surface area contributed by atoms with Crippen LogP contribution in [0, 0.1) is 0 Å². The van der Waals surface area contributed by atoms with Gasteiger partial charge in [0.05, 0.1) is 0 Å². The minimum Gasteiger partial charge on any atom is -0.490 e. The third-order valence-corrected chi connectivity index (χ3v) is 5.83. The normalized spacial score (nSPS) is 15.2. The van der Waals surface area contributed by atoms with E-state index in [1.54, 1.807) is 23.7 Å². The van der Waals surface area contributed by atoms with Crippen molar-refractivity contribution in [1.29, 1.82) is 0 Å². The van der Waals surface area contributed by atoms with Gasteiger partial charge < -0.3 is 10.1 Å². The zero-order valence-corrected chi connectivity index (χ0v) is 17.1. The van der Waals surface area contributed by atoms with Crippen LogP contribution in [0.1, 0.15) is 34.3 Å². The van der Waals surface area contributed by atoms with Gasteiger partial charge in [0, 0.05) is 44.1 Å². The standard InChI is InChI=1S/C23H25N3O2S/c27-23(25-15-18-3-2-9-24-14-18)20-4-1-5-22(13-20)28-21-6-10-26(11-7-21)16-19-8-12-29-17-19/h1-5,8-9,12-14,17,21H,6-7,10-11,15-16H2,(H,25,27). The second-order valence-electron chi connectivity index (χ2n) is 7.30. The number of amides is 1. The van der Waals surface area contributed by atoms with E-state index in [9.17, 15) is 4.79 Å². The molecule has 150 valence electrons. The lowest BCUT2D eigenvalue weighted by Gasteiger charge is -2.32. The van der Waals surface area contributed by atoms with Crippen molar-refractivity contribution in [2.75, 3.05) is 13.1 Å². The molecule has 0 saturated carbocycles. The van der Waals surface area contributed by atoms with Gasteiger partial charge in [-0.3, -0.25) is 14.7 Å². The number of benzene rings is 1. The Morgan fingerprint density at radius 2 is 2.07 bits per heavy atom. The molecule has 0 aliphatic carbocycles. The highest BCUT2D eigenvalue weighted by Crippen LogP contribution is 2.21. The summed E-state index contributed by atoms with van der Waals surface area (Å²) < 4.78 is 6.18. The van der Waals surface area contributed by atoms with Crippen molar-refractivity contribution in [2.24, 2.45) is 0 Å². The highest BCUT2D eigenvalue weighted by molar-refractivity contribution is 7.07. The first-order valence-electron chi connectivity index (χ1n) is 9.93.